The van der Waals surface area contributed by atoms with E-state index in [1.54, 1.807) is 12.1 Å². The van der Waals surface area contributed by atoms with Crippen LogP contribution in [0.25, 0.3) is 5.76 Å². The second-order valence-corrected chi connectivity index (χ2v) is 6.47. The second kappa shape index (κ2) is 7.92. The maximum atomic E-state index is 12.7. The number of carbonyl (C=O) groups is 1. The Hall–Kier alpha value is -3.66. The summed E-state index contributed by atoms with van der Waals surface area (Å²) in [7, 11) is 0. The molecule has 1 N–H and O–H groups in total. The fourth-order valence-corrected chi connectivity index (χ4v) is 3.19. The summed E-state index contributed by atoms with van der Waals surface area (Å²) in [6, 6.07) is 28.2. The first-order valence-corrected chi connectivity index (χ1v) is 9.07. The molecule has 0 aliphatic carbocycles. The van der Waals surface area contributed by atoms with Crippen LogP contribution in [0.1, 0.15) is 22.8 Å². The highest BCUT2D eigenvalue weighted by Gasteiger charge is 2.40. The summed E-state index contributed by atoms with van der Waals surface area (Å²) in [5, 5.41) is 10.8. The molecule has 0 aromatic heterocycles. The van der Waals surface area contributed by atoms with Gasteiger partial charge in [0.25, 0.3) is 0 Å². The Morgan fingerprint density at radius 1 is 0.857 bits per heavy atom. The van der Waals surface area contributed by atoms with Gasteiger partial charge in [-0.3, -0.25) is 4.99 Å². The molecule has 1 saturated heterocycles. The van der Waals surface area contributed by atoms with Crippen LogP contribution < -0.4 is 0 Å². The molecule has 0 radical (unpaired) electrons. The van der Waals surface area contributed by atoms with Crippen molar-refractivity contribution >= 4 is 17.4 Å². The summed E-state index contributed by atoms with van der Waals surface area (Å²) in [6.45, 7) is 0.391. The number of carbonyl (C=O) groups excluding carboxylic acids is 1. The molecule has 4 rings (SSSR count). The van der Waals surface area contributed by atoms with Crippen molar-refractivity contribution in [1.82, 2.24) is 0 Å². The predicted molar refractivity (Wildman–Crippen MR) is 109 cm³/mol. The lowest BCUT2D eigenvalue weighted by Crippen LogP contribution is -2.10. The van der Waals surface area contributed by atoms with Gasteiger partial charge in [-0.25, -0.2) is 4.79 Å². The van der Waals surface area contributed by atoms with Crippen molar-refractivity contribution in [1.29, 1.82) is 0 Å². The van der Waals surface area contributed by atoms with Gasteiger partial charge < -0.3 is 9.84 Å². The molecule has 0 spiro atoms. The summed E-state index contributed by atoms with van der Waals surface area (Å²) in [5.41, 5.74) is 2.95. The third-order valence-corrected chi connectivity index (χ3v) is 4.59. The van der Waals surface area contributed by atoms with Gasteiger partial charge in [0.1, 0.15) is 11.3 Å². The summed E-state index contributed by atoms with van der Waals surface area (Å²) in [5.74, 6) is -0.683. The number of aliphatic hydroxyl groups is 1. The molecule has 138 valence electrons. The molecule has 1 aliphatic heterocycles. The number of hydrogen-bond acceptors (Lipinski definition) is 4. The zero-order valence-electron chi connectivity index (χ0n) is 15.2. The SMILES string of the molecule is O=C1OC(c2ccccc2)C(=NCc2ccccc2)/C1=C(/O)c1ccccc1. The van der Waals surface area contributed by atoms with E-state index >= 15 is 0 Å². The lowest BCUT2D eigenvalue weighted by atomic mass is 9.98. The third kappa shape index (κ3) is 3.58. The topological polar surface area (TPSA) is 58.9 Å². The number of esters is 1. The van der Waals surface area contributed by atoms with E-state index in [1.165, 1.54) is 0 Å². The zero-order valence-corrected chi connectivity index (χ0v) is 15.2. The largest absolute Gasteiger partial charge is 0.506 e. The smallest absolute Gasteiger partial charge is 0.344 e. The maximum absolute atomic E-state index is 12.7. The van der Waals surface area contributed by atoms with Gasteiger partial charge in [0.05, 0.1) is 12.3 Å². The maximum Gasteiger partial charge on any atom is 0.344 e. The molecule has 1 aliphatic rings. The van der Waals surface area contributed by atoms with Crippen molar-refractivity contribution in [2.75, 3.05) is 0 Å². The van der Waals surface area contributed by atoms with Crippen molar-refractivity contribution < 1.29 is 14.6 Å². The Morgan fingerprint density at radius 3 is 2.07 bits per heavy atom. The van der Waals surface area contributed by atoms with E-state index < -0.39 is 12.1 Å². The van der Waals surface area contributed by atoms with Crippen LogP contribution in [0.2, 0.25) is 0 Å². The molecule has 28 heavy (non-hydrogen) atoms. The summed E-state index contributed by atoms with van der Waals surface area (Å²) in [6.07, 6.45) is -0.640. The standard InChI is InChI=1S/C24H19NO3/c26-22(18-12-6-2-7-13-18)20-21(25-16-17-10-4-1-5-11-17)23(28-24(20)27)19-14-8-3-9-15-19/h1-15,23,26H,16H2/b22-20-,25-21?. The van der Waals surface area contributed by atoms with Gasteiger partial charge in [0.15, 0.2) is 6.10 Å². The van der Waals surface area contributed by atoms with Crippen LogP contribution in [0.4, 0.5) is 0 Å². The Labute approximate surface area is 163 Å². The minimum absolute atomic E-state index is 0.115. The minimum atomic E-state index is -0.640. The monoisotopic (exact) mass is 369 g/mol. The van der Waals surface area contributed by atoms with Gasteiger partial charge in [-0.15, -0.1) is 0 Å². The Balaban J connectivity index is 1.80. The summed E-state index contributed by atoms with van der Waals surface area (Å²) in [4.78, 5) is 17.4. The number of benzene rings is 3. The van der Waals surface area contributed by atoms with E-state index in [0.29, 0.717) is 17.8 Å². The quantitative estimate of drug-likeness (QED) is 0.404. The van der Waals surface area contributed by atoms with Gasteiger partial charge in [0.2, 0.25) is 0 Å². The van der Waals surface area contributed by atoms with E-state index in [1.807, 2.05) is 78.9 Å². The van der Waals surface area contributed by atoms with Crippen LogP contribution in [0.3, 0.4) is 0 Å². The van der Waals surface area contributed by atoms with Crippen molar-refractivity contribution in [3.8, 4) is 0 Å². The van der Waals surface area contributed by atoms with E-state index in [2.05, 4.69) is 4.99 Å². The molecule has 4 heteroatoms. The number of hydrogen-bond donors (Lipinski definition) is 1. The number of aliphatic imine (C=N–C) groups is 1. The number of aliphatic hydroxyl groups excluding tert-OH is 1. The van der Waals surface area contributed by atoms with Crippen molar-refractivity contribution in [2.24, 2.45) is 4.99 Å². The molecule has 0 saturated carbocycles. The average molecular weight is 369 g/mol. The van der Waals surface area contributed by atoms with Crippen LogP contribution in [-0.4, -0.2) is 16.8 Å². The normalized spacial score (nSPS) is 19.5. The number of cyclic esters (lactones) is 1. The molecule has 0 amide bonds. The molecule has 4 nitrogen and oxygen atoms in total. The lowest BCUT2D eigenvalue weighted by molar-refractivity contribution is -0.138. The van der Waals surface area contributed by atoms with Crippen LogP contribution in [0, 0.1) is 0 Å². The van der Waals surface area contributed by atoms with E-state index in [-0.39, 0.29) is 11.3 Å². The Bertz CT molecular complexity index is 1030. The highest BCUT2D eigenvalue weighted by atomic mass is 16.6. The van der Waals surface area contributed by atoms with Crippen molar-refractivity contribution in [3.63, 3.8) is 0 Å². The van der Waals surface area contributed by atoms with Crippen molar-refractivity contribution in [3.05, 3.63) is 113 Å². The summed E-state index contributed by atoms with van der Waals surface area (Å²) < 4.78 is 5.62. The van der Waals surface area contributed by atoms with Crippen LogP contribution in [0.15, 0.2) is 102 Å². The first-order valence-electron chi connectivity index (χ1n) is 9.07. The van der Waals surface area contributed by atoms with E-state index in [9.17, 15) is 9.90 Å². The first kappa shape index (κ1) is 17.7. The Morgan fingerprint density at radius 2 is 1.43 bits per heavy atom. The molecular weight excluding hydrogens is 350 g/mol. The molecule has 3 aromatic rings. The third-order valence-electron chi connectivity index (χ3n) is 4.59. The zero-order chi connectivity index (χ0) is 19.3. The summed E-state index contributed by atoms with van der Waals surface area (Å²) >= 11 is 0. The highest BCUT2D eigenvalue weighted by molar-refractivity contribution is 6.29. The lowest BCUT2D eigenvalue weighted by Gasteiger charge is -2.11. The van der Waals surface area contributed by atoms with Crippen LogP contribution in [0.5, 0.6) is 0 Å². The van der Waals surface area contributed by atoms with Crippen LogP contribution in [-0.2, 0) is 16.1 Å². The van der Waals surface area contributed by atoms with Crippen molar-refractivity contribution in [2.45, 2.75) is 12.6 Å². The molecule has 0 bridgehead atoms. The van der Waals surface area contributed by atoms with Gasteiger partial charge in [-0.2, -0.15) is 0 Å². The van der Waals surface area contributed by atoms with E-state index in [0.717, 1.165) is 11.1 Å². The fourth-order valence-electron chi connectivity index (χ4n) is 3.19. The molecular formula is C24H19NO3. The number of rotatable bonds is 4. The number of ether oxygens (including phenoxy) is 1. The van der Waals surface area contributed by atoms with Gasteiger partial charge in [-0.1, -0.05) is 91.0 Å². The van der Waals surface area contributed by atoms with Gasteiger partial charge in [0, 0.05) is 5.56 Å². The fraction of sp³-hybridized carbons (Fsp3) is 0.0833. The van der Waals surface area contributed by atoms with Gasteiger partial charge in [-0.05, 0) is 11.1 Å². The minimum Gasteiger partial charge on any atom is -0.506 e. The molecule has 1 fully saturated rings. The van der Waals surface area contributed by atoms with Gasteiger partial charge >= 0.3 is 5.97 Å². The average Bonchev–Trinajstić information content (AvgIpc) is 3.09. The molecule has 1 atom stereocenters. The molecule has 1 heterocycles. The van der Waals surface area contributed by atoms with Crippen LogP contribution >= 0.6 is 0 Å². The first-order chi connectivity index (χ1) is 13.7. The second-order valence-electron chi connectivity index (χ2n) is 6.47. The molecule has 1 unspecified atom stereocenters. The van der Waals surface area contributed by atoms with E-state index in [4.69, 9.17) is 4.74 Å². The predicted octanol–water partition coefficient (Wildman–Crippen LogP) is 4.90. The Kier molecular flexibility index (Phi) is 5.02. The number of nitrogens with zero attached hydrogens (tertiary/aromatic N) is 1. The molecule has 3 aromatic carbocycles. The highest BCUT2D eigenvalue weighted by Crippen LogP contribution is 2.34.